The Morgan fingerprint density at radius 1 is 0.969 bits per heavy atom. The molecule has 0 spiro atoms. The van der Waals surface area contributed by atoms with E-state index in [4.69, 9.17) is 4.74 Å². The van der Waals surface area contributed by atoms with Gasteiger partial charge >= 0.3 is 0 Å². The van der Waals surface area contributed by atoms with E-state index in [1.807, 2.05) is 6.92 Å². The maximum Gasteiger partial charge on any atom is 0.137 e. The highest BCUT2D eigenvalue weighted by atomic mass is 32.2. The maximum absolute atomic E-state index is 10.7. The molecule has 0 bridgehead atoms. The van der Waals surface area contributed by atoms with E-state index in [0.29, 0.717) is 0 Å². The normalized spacial score (nSPS) is 29.3. The Balaban J connectivity index is 1.45. The van der Waals surface area contributed by atoms with E-state index >= 15 is 0 Å². The Hall–Kier alpha value is -1.61. The molecule has 0 radical (unpaired) electrons. The van der Waals surface area contributed by atoms with Crippen LogP contribution in [0.25, 0.3) is 0 Å². The first-order valence-corrected chi connectivity index (χ1v) is 12.2. The van der Waals surface area contributed by atoms with Crippen LogP contribution in [0.5, 0.6) is 0 Å². The number of hydrogen-bond acceptors (Lipinski definition) is 7. The smallest absolute Gasteiger partial charge is 0.137 e. The van der Waals surface area contributed by atoms with Crippen LogP contribution in [0, 0.1) is 19.8 Å². The Labute approximate surface area is 194 Å². The summed E-state index contributed by atoms with van der Waals surface area (Å²) in [6.45, 7) is 8.95. The number of ether oxygens (including phenoxy) is 1. The third-order valence-electron chi connectivity index (χ3n) is 6.68. The van der Waals surface area contributed by atoms with Gasteiger partial charge in [-0.2, -0.15) is 0 Å². The van der Waals surface area contributed by atoms with Crippen LogP contribution in [0.3, 0.4) is 0 Å². The van der Waals surface area contributed by atoms with Crippen LogP contribution in [-0.4, -0.2) is 77.5 Å². The summed E-state index contributed by atoms with van der Waals surface area (Å²) in [5, 5.41) is 30.5. The van der Waals surface area contributed by atoms with Gasteiger partial charge in [0.05, 0.1) is 24.5 Å². The van der Waals surface area contributed by atoms with Crippen molar-refractivity contribution in [2.75, 3.05) is 37.7 Å². The number of aliphatic hydroxyl groups is 3. The molecule has 6 nitrogen and oxygen atoms in total. The Morgan fingerprint density at radius 3 is 2.38 bits per heavy atom. The summed E-state index contributed by atoms with van der Waals surface area (Å²) < 4.78 is 5.89. The van der Waals surface area contributed by atoms with Crippen LogP contribution < -0.4 is 4.90 Å². The summed E-state index contributed by atoms with van der Waals surface area (Å²) in [7, 11) is 0. The molecule has 2 saturated heterocycles. The van der Waals surface area contributed by atoms with Gasteiger partial charge < -0.3 is 25.0 Å². The second-order valence-corrected chi connectivity index (χ2v) is 10.0. The Bertz CT molecular complexity index is 917. The van der Waals surface area contributed by atoms with Crippen LogP contribution in [0.15, 0.2) is 52.3 Å². The summed E-state index contributed by atoms with van der Waals surface area (Å²) in [5.41, 5.74) is 3.78. The molecule has 0 saturated carbocycles. The average molecular weight is 459 g/mol. The monoisotopic (exact) mass is 458 g/mol. The fraction of sp³-hybridized carbons (Fsp3) is 0.520. The quantitative estimate of drug-likeness (QED) is 0.636. The molecule has 0 aliphatic carbocycles. The molecule has 2 fully saturated rings. The van der Waals surface area contributed by atoms with Crippen molar-refractivity contribution in [3.63, 3.8) is 0 Å². The molecule has 2 aliphatic heterocycles. The highest BCUT2D eigenvalue weighted by Gasteiger charge is 2.44. The first-order valence-electron chi connectivity index (χ1n) is 11.3. The van der Waals surface area contributed by atoms with Gasteiger partial charge in [0, 0.05) is 41.9 Å². The summed E-state index contributed by atoms with van der Waals surface area (Å²) in [6, 6.07) is 15.1. The van der Waals surface area contributed by atoms with E-state index < -0.39 is 24.5 Å². The standard InChI is InChI=1S/C25H34N2O4S/c1-16-8-9-21(17(2)14-16)32-22-7-5-4-6-19(22)26-10-12-27(13-11-26)25-24(30)18(3)23(29)20(15-28)31-25/h4-9,14,18,20,23-25,28-30H,10-13,15H2,1-3H3/t18?,20?,23-,24+,25?/m0/s1. The average Bonchev–Trinajstić information content (AvgIpc) is 2.80. The van der Waals surface area contributed by atoms with E-state index in [1.54, 1.807) is 11.8 Å². The minimum Gasteiger partial charge on any atom is -0.394 e. The summed E-state index contributed by atoms with van der Waals surface area (Å²) in [4.78, 5) is 7.02. The molecule has 5 atom stereocenters. The summed E-state index contributed by atoms with van der Waals surface area (Å²) in [6.07, 6.45) is -2.81. The van der Waals surface area contributed by atoms with E-state index in [1.165, 1.54) is 26.6 Å². The van der Waals surface area contributed by atoms with Crippen LogP contribution in [0.1, 0.15) is 18.1 Å². The van der Waals surface area contributed by atoms with Gasteiger partial charge in [-0.05, 0) is 37.6 Å². The fourth-order valence-electron chi connectivity index (χ4n) is 4.65. The molecule has 2 heterocycles. The SMILES string of the molecule is Cc1ccc(Sc2ccccc2N2CCN(C3OC(CO)[C@@H](O)C(C)[C@H]3O)CC2)c(C)c1. The molecule has 0 aromatic heterocycles. The van der Waals surface area contributed by atoms with Gasteiger partial charge in [0.1, 0.15) is 12.3 Å². The zero-order valence-electron chi connectivity index (χ0n) is 19.0. The maximum atomic E-state index is 10.7. The third-order valence-corrected chi connectivity index (χ3v) is 7.92. The highest BCUT2D eigenvalue weighted by molar-refractivity contribution is 7.99. The molecular weight excluding hydrogens is 424 g/mol. The van der Waals surface area contributed by atoms with Crippen molar-refractivity contribution in [2.24, 2.45) is 5.92 Å². The minimum absolute atomic E-state index is 0.252. The van der Waals surface area contributed by atoms with Gasteiger partial charge in [-0.25, -0.2) is 0 Å². The van der Waals surface area contributed by atoms with Gasteiger partial charge in [-0.1, -0.05) is 48.5 Å². The molecule has 2 aromatic carbocycles. The third kappa shape index (κ3) is 4.83. The van der Waals surface area contributed by atoms with Crippen LogP contribution in [0.2, 0.25) is 0 Å². The molecule has 0 amide bonds. The van der Waals surface area contributed by atoms with E-state index in [2.05, 4.69) is 66.1 Å². The van der Waals surface area contributed by atoms with Crippen molar-refractivity contribution in [1.29, 1.82) is 0 Å². The lowest BCUT2D eigenvalue weighted by molar-refractivity contribution is -0.247. The number of para-hydroxylation sites is 1. The first-order chi connectivity index (χ1) is 15.4. The second kappa shape index (κ2) is 10.1. The van der Waals surface area contributed by atoms with Gasteiger partial charge in [0.15, 0.2) is 0 Å². The van der Waals surface area contributed by atoms with Crippen molar-refractivity contribution < 1.29 is 20.1 Å². The molecule has 3 N–H and O–H groups in total. The Kier molecular flexibility index (Phi) is 7.44. The van der Waals surface area contributed by atoms with Crippen molar-refractivity contribution in [1.82, 2.24) is 4.90 Å². The number of nitrogens with zero attached hydrogens (tertiary/aromatic N) is 2. The Morgan fingerprint density at radius 2 is 1.69 bits per heavy atom. The van der Waals surface area contributed by atoms with Gasteiger partial charge in [0.25, 0.3) is 0 Å². The molecule has 4 rings (SSSR count). The molecular formula is C25H34N2O4S. The fourth-order valence-corrected chi connectivity index (χ4v) is 5.69. The predicted octanol–water partition coefficient (Wildman–Crippen LogP) is 2.65. The molecule has 32 heavy (non-hydrogen) atoms. The molecule has 2 aromatic rings. The van der Waals surface area contributed by atoms with Crippen LogP contribution in [0.4, 0.5) is 5.69 Å². The van der Waals surface area contributed by atoms with Crippen molar-refractivity contribution >= 4 is 17.4 Å². The molecule has 3 unspecified atom stereocenters. The molecule has 174 valence electrons. The molecule has 2 aliphatic rings. The number of hydrogen-bond donors (Lipinski definition) is 3. The lowest BCUT2D eigenvalue weighted by Crippen LogP contribution is -2.63. The topological polar surface area (TPSA) is 76.4 Å². The van der Waals surface area contributed by atoms with Crippen molar-refractivity contribution in [3.8, 4) is 0 Å². The second-order valence-electron chi connectivity index (χ2n) is 8.95. The zero-order valence-corrected chi connectivity index (χ0v) is 19.8. The van der Waals surface area contributed by atoms with Crippen LogP contribution >= 0.6 is 11.8 Å². The minimum atomic E-state index is -0.860. The lowest BCUT2D eigenvalue weighted by atomic mass is 9.89. The largest absolute Gasteiger partial charge is 0.394 e. The van der Waals surface area contributed by atoms with Gasteiger partial charge in [-0.3, -0.25) is 4.90 Å². The van der Waals surface area contributed by atoms with Gasteiger partial charge in [-0.15, -0.1) is 0 Å². The number of anilines is 1. The van der Waals surface area contributed by atoms with Crippen molar-refractivity contribution in [3.05, 3.63) is 53.6 Å². The zero-order chi connectivity index (χ0) is 22.8. The predicted molar refractivity (Wildman–Crippen MR) is 127 cm³/mol. The lowest BCUT2D eigenvalue weighted by Gasteiger charge is -2.48. The van der Waals surface area contributed by atoms with Crippen molar-refractivity contribution in [2.45, 2.75) is 55.1 Å². The summed E-state index contributed by atoms with van der Waals surface area (Å²) >= 11 is 1.80. The van der Waals surface area contributed by atoms with Crippen LogP contribution in [-0.2, 0) is 4.74 Å². The number of aryl methyl sites for hydroxylation is 2. The van der Waals surface area contributed by atoms with Gasteiger partial charge in [0.2, 0.25) is 0 Å². The number of aliphatic hydroxyl groups excluding tert-OH is 3. The summed E-state index contributed by atoms with van der Waals surface area (Å²) in [5.74, 6) is -0.348. The van der Waals surface area contributed by atoms with E-state index in [-0.39, 0.29) is 12.5 Å². The first kappa shape index (κ1) is 23.5. The van der Waals surface area contributed by atoms with E-state index in [9.17, 15) is 15.3 Å². The highest BCUT2D eigenvalue weighted by Crippen LogP contribution is 2.38. The van der Waals surface area contributed by atoms with E-state index in [0.717, 1.165) is 26.2 Å². The molecule has 7 heteroatoms. The number of piperazine rings is 1. The number of rotatable bonds is 5. The number of benzene rings is 2.